The van der Waals surface area contributed by atoms with Crippen molar-refractivity contribution in [2.24, 2.45) is 5.92 Å². The van der Waals surface area contributed by atoms with Gasteiger partial charge in [-0.1, -0.05) is 30.9 Å². The van der Waals surface area contributed by atoms with Crippen molar-refractivity contribution in [1.29, 1.82) is 0 Å². The minimum absolute atomic E-state index is 0.253. The Bertz CT molecular complexity index is 334. The van der Waals surface area contributed by atoms with Gasteiger partial charge in [0.25, 0.3) is 0 Å². The van der Waals surface area contributed by atoms with Gasteiger partial charge in [0.1, 0.15) is 0 Å². The van der Waals surface area contributed by atoms with E-state index in [0.717, 1.165) is 25.1 Å². The lowest BCUT2D eigenvalue weighted by Gasteiger charge is -2.44. The van der Waals surface area contributed by atoms with Gasteiger partial charge in [-0.2, -0.15) is 0 Å². The van der Waals surface area contributed by atoms with Crippen molar-refractivity contribution in [2.75, 3.05) is 13.2 Å². The molecule has 1 N–H and O–H groups in total. The summed E-state index contributed by atoms with van der Waals surface area (Å²) in [5.41, 5.74) is 1.87. The molecule has 0 aromatic rings. The van der Waals surface area contributed by atoms with Crippen LogP contribution in [0, 0.1) is 5.92 Å². The van der Waals surface area contributed by atoms with E-state index in [1.54, 1.807) is 5.57 Å². The van der Waals surface area contributed by atoms with Gasteiger partial charge in [0.05, 0.1) is 5.60 Å². The highest BCUT2D eigenvalue weighted by molar-refractivity contribution is 5.07. The van der Waals surface area contributed by atoms with Crippen LogP contribution in [0.15, 0.2) is 11.6 Å². The molecule has 0 bridgehead atoms. The van der Waals surface area contributed by atoms with Crippen molar-refractivity contribution >= 4 is 0 Å². The molecule has 1 heterocycles. The Morgan fingerprint density at radius 2 is 2.00 bits per heavy atom. The second-order valence-electron chi connectivity index (χ2n) is 7.25. The van der Waals surface area contributed by atoms with Crippen LogP contribution < -0.4 is 5.32 Å². The van der Waals surface area contributed by atoms with E-state index in [-0.39, 0.29) is 5.60 Å². The van der Waals surface area contributed by atoms with Gasteiger partial charge in [0, 0.05) is 12.6 Å². The second kappa shape index (κ2) is 6.62. The molecule has 3 fully saturated rings. The third-order valence-corrected chi connectivity index (χ3v) is 5.52. The van der Waals surface area contributed by atoms with Crippen LogP contribution in [-0.4, -0.2) is 24.8 Å². The zero-order valence-electron chi connectivity index (χ0n) is 13.1. The molecule has 114 valence electrons. The van der Waals surface area contributed by atoms with Crippen molar-refractivity contribution < 1.29 is 4.74 Å². The summed E-state index contributed by atoms with van der Waals surface area (Å²) in [7, 11) is 0. The molecular formula is C18H31NO. The first-order valence-electron chi connectivity index (χ1n) is 8.81. The lowest BCUT2D eigenvalue weighted by Crippen LogP contribution is -2.41. The summed E-state index contributed by atoms with van der Waals surface area (Å²) in [5, 5.41) is 3.60. The van der Waals surface area contributed by atoms with E-state index in [2.05, 4.69) is 18.3 Å². The fourth-order valence-corrected chi connectivity index (χ4v) is 4.00. The Kier molecular flexibility index (Phi) is 4.83. The summed E-state index contributed by atoms with van der Waals surface area (Å²) in [4.78, 5) is 0. The van der Waals surface area contributed by atoms with Crippen molar-refractivity contribution in [1.82, 2.24) is 5.32 Å². The van der Waals surface area contributed by atoms with Crippen LogP contribution in [0.2, 0.25) is 0 Å². The van der Waals surface area contributed by atoms with Crippen LogP contribution in [0.4, 0.5) is 0 Å². The molecule has 3 rings (SSSR count). The quantitative estimate of drug-likeness (QED) is 0.600. The largest absolute Gasteiger partial charge is 0.375 e. The highest BCUT2D eigenvalue weighted by Gasteiger charge is 2.38. The summed E-state index contributed by atoms with van der Waals surface area (Å²) >= 11 is 0. The molecule has 1 saturated heterocycles. The van der Waals surface area contributed by atoms with Gasteiger partial charge < -0.3 is 10.1 Å². The maximum atomic E-state index is 6.21. The van der Waals surface area contributed by atoms with Gasteiger partial charge in [0.2, 0.25) is 0 Å². The Labute approximate surface area is 124 Å². The van der Waals surface area contributed by atoms with Crippen molar-refractivity contribution in [3.8, 4) is 0 Å². The minimum atomic E-state index is 0.253. The smallest absolute Gasteiger partial charge is 0.0688 e. The zero-order valence-corrected chi connectivity index (χ0v) is 13.1. The minimum Gasteiger partial charge on any atom is -0.375 e. The molecule has 0 amide bonds. The molecular weight excluding hydrogens is 246 g/mol. The van der Waals surface area contributed by atoms with Crippen LogP contribution >= 0.6 is 0 Å². The molecule has 1 atom stereocenters. The number of ether oxygens (including phenoxy) is 1. The lowest BCUT2D eigenvalue weighted by atomic mass is 9.74. The summed E-state index contributed by atoms with van der Waals surface area (Å²) < 4.78 is 6.21. The van der Waals surface area contributed by atoms with Gasteiger partial charge in [0.15, 0.2) is 0 Å². The molecule has 0 aromatic carbocycles. The summed E-state index contributed by atoms with van der Waals surface area (Å²) in [6, 6.07) is 0.845. The first-order valence-corrected chi connectivity index (χ1v) is 8.81. The van der Waals surface area contributed by atoms with E-state index in [1.165, 1.54) is 64.2 Å². The van der Waals surface area contributed by atoms with Crippen molar-refractivity contribution in [3.05, 3.63) is 11.6 Å². The fourth-order valence-electron chi connectivity index (χ4n) is 4.00. The first kappa shape index (κ1) is 14.6. The molecule has 0 aromatic heterocycles. The van der Waals surface area contributed by atoms with Crippen LogP contribution in [0.3, 0.4) is 0 Å². The normalized spacial score (nSPS) is 30.6. The molecule has 1 spiro atoms. The summed E-state index contributed by atoms with van der Waals surface area (Å²) in [6.07, 6.45) is 15.8. The van der Waals surface area contributed by atoms with E-state index in [9.17, 15) is 0 Å². The average Bonchev–Trinajstić information content (AvgIpc) is 3.28. The Balaban J connectivity index is 1.48. The molecule has 2 nitrogen and oxygen atoms in total. The van der Waals surface area contributed by atoms with E-state index >= 15 is 0 Å². The fraction of sp³-hybridized carbons (Fsp3) is 0.889. The first-order chi connectivity index (χ1) is 9.77. The van der Waals surface area contributed by atoms with Crippen LogP contribution in [0.25, 0.3) is 0 Å². The van der Waals surface area contributed by atoms with Gasteiger partial charge in [-0.25, -0.2) is 0 Å². The second-order valence-corrected chi connectivity index (χ2v) is 7.25. The van der Waals surface area contributed by atoms with Crippen LogP contribution in [-0.2, 0) is 4.74 Å². The number of nitrogens with one attached hydrogen (secondary N) is 1. The lowest BCUT2D eigenvalue weighted by molar-refractivity contribution is -0.112. The number of rotatable bonds is 5. The molecule has 1 aliphatic heterocycles. The predicted octanol–water partition coefficient (Wildman–Crippen LogP) is 4.20. The Morgan fingerprint density at radius 3 is 2.75 bits per heavy atom. The third kappa shape index (κ3) is 3.85. The molecule has 0 radical (unpaired) electrons. The van der Waals surface area contributed by atoms with E-state index in [4.69, 9.17) is 4.74 Å². The summed E-state index contributed by atoms with van der Waals surface area (Å²) in [5.74, 6) is 0.780. The molecule has 2 saturated carbocycles. The number of hydrogen-bond donors (Lipinski definition) is 1. The highest BCUT2D eigenvalue weighted by atomic mass is 16.5. The maximum absolute atomic E-state index is 6.21. The van der Waals surface area contributed by atoms with Crippen LogP contribution in [0.5, 0.6) is 0 Å². The number of hydrogen-bond acceptors (Lipinski definition) is 2. The Morgan fingerprint density at radius 1 is 1.20 bits per heavy atom. The topological polar surface area (TPSA) is 21.3 Å². The molecule has 1 unspecified atom stereocenters. The third-order valence-electron chi connectivity index (χ3n) is 5.52. The highest BCUT2D eigenvalue weighted by Crippen LogP contribution is 2.42. The van der Waals surface area contributed by atoms with Gasteiger partial charge in [-0.3, -0.25) is 0 Å². The van der Waals surface area contributed by atoms with E-state index in [0.29, 0.717) is 0 Å². The molecule has 3 aliphatic rings. The monoisotopic (exact) mass is 277 g/mol. The standard InChI is InChI=1S/C18H31NO/c1-15(6-5-12-19-17-7-8-17)16-9-13-20-18(14-16)10-3-2-4-11-18/h6,16-17,19H,2-5,7-14H2,1H3. The predicted molar refractivity (Wildman–Crippen MR) is 83.9 cm³/mol. The van der Waals surface area contributed by atoms with Gasteiger partial charge in [-0.05, 0) is 64.3 Å². The van der Waals surface area contributed by atoms with E-state index < -0.39 is 0 Å². The molecule has 2 aliphatic carbocycles. The van der Waals surface area contributed by atoms with Crippen molar-refractivity contribution in [3.63, 3.8) is 0 Å². The molecule has 2 heteroatoms. The molecule has 20 heavy (non-hydrogen) atoms. The SMILES string of the molecule is CC(=CCCNC1CC1)C1CCOC2(CCCCC2)C1. The van der Waals surface area contributed by atoms with Crippen molar-refractivity contribution in [2.45, 2.75) is 82.8 Å². The average molecular weight is 277 g/mol. The maximum Gasteiger partial charge on any atom is 0.0688 e. The van der Waals surface area contributed by atoms with E-state index in [1.807, 2.05) is 0 Å². The Hall–Kier alpha value is -0.340. The number of allylic oxidation sites excluding steroid dienone is 1. The van der Waals surface area contributed by atoms with Crippen LogP contribution in [0.1, 0.15) is 71.1 Å². The zero-order chi connectivity index (χ0) is 13.8. The van der Waals surface area contributed by atoms with Gasteiger partial charge >= 0.3 is 0 Å². The van der Waals surface area contributed by atoms with Gasteiger partial charge in [-0.15, -0.1) is 0 Å². The summed E-state index contributed by atoms with van der Waals surface area (Å²) in [6.45, 7) is 4.50.